The minimum Gasteiger partial charge on any atom is -0.454 e. The summed E-state index contributed by atoms with van der Waals surface area (Å²) < 4.78 is 10.9. The summed E-state index contributed by atoms with van der Waals surface area (Å²) >= 11 is 0. The summed E-state index contributed by atoms with van der Waals surface area (Å²) in [5.74, 6) is 1.20. The number of hydrogen-bond donors (Lipinski definition) is 1. The molecule has 2 aliphatic heterocycles. The average molecular weight is 384 g/mol. The van der Waals surface area contributed by atoms with Crippen LogP contribution in [-0.4, -0.2) is 12.6 Å². The zero-order chi connectivity index (χ0) is 20.0. The Hall–Kier alpha value is -3.52. The highest BCUT2D eigenvalue weighted by atomic mass is 16.7. The van der Waals surface area contributed by atoms with E-state index >= 15 is 0 Å². The summed E-state index contributed by atoms with van der Waals surface area (Å²) in [4.78, 5) is 13.3. The second-order valence-corrected chi connectivity index (χ2v) is 7.65. The minimum absolute atomic E-state index is 0.0931. The van der Waals surface area contributed by atoms with Crippen molar-refractivity contribution in [2.45, 2.75) is 31.6 Å². The number of rotatable bonds is 2. The Kier molecular flexibility index (Phi) is 4.13. The number of dihydropyridines is 1. The molecule has 29 heavy (non-hydrogen) atoms. The van der Waals surface area contributed by atoms with Crippen LogP contribution in [0, 0.1) is 11.3 Å². The molecule has 0 aromatic heterocycles. The molecule has 0 radical (unpaired) electrons. The normalized spacial score (nSPS) is 22.8. The van der Waals surface area contributed by atoms with E-state index in [0.29, 0.717) is 29.1 Å². The molecule has 0 spiro atoms. The van der Waals surface area contributed by atoms with Gasteiger partial charge in [0.05, 0.1) is 17.6 Å². The predicted octanol–water partition coefficient (Wildman–Crippen LogP) is 4.30. The van der Waals surface area contributed by atoms with Crippen LogP contribution in [0.3, 0.4) is 0 Å². The second kappa shape index (κ2) is 6.82. The Balaban J connectivity index is 1.59. The lowest BCUT2D eigenvalue weighted by atomic mass is 9.72. The Bertz CT molecular complexity index is 1110. The van der Waals surface area contributed by atoms with Gasteiger partial charge in [-0.2, -0.15) is 5.26 Å². The molecule has 5 heteroatoms. The van der Waals surface area contributed by atoms with E-state index < -0.39 is 0 Å². The van der Waals surface area contributed by atoms with Crippen LogP contribution in [0.2, 0.25) is 0 Å². The molecule has 2 atom stereocenters. The highest BCUT2D eigenvalue weighted by molar-refractivity contribution is 6.00. The first-order valence-electron chi connectivity index (χ1n) is 9.74. The number of ether oxygens (including phenoxy) is 2. The second-order valence-electron chi connectivity index (χ2n) is 7.65. The number of nitrogens with one attached hydrogen (secondary N) is 1. The van der Waals surface area contributed by atoms with Crippen molar-refractivity contribution in [3.63, 3.8) is 0 Å². The molecule has 2 aromatic carbocycles. The van der Waals surface area contributed by atoms with E-state index in [1.165, 1.54) is 5.56 Å². The summed E-state index contributed by atoms with van der Waals surface area (Å²) in [7, 11) is 0. The number of fused-ring (bicyclic) bond motifs is 1. The maximum absolute atomic E-state index is 13.3. The van der Waals surface area contributed by atoms with Crippen molar-refractivity contribution in [2.24, 2.45) is 0 Å². The average Bonchev–Trinajstić information content (AvgIpc) is 3.21. The van der Waals surface area contributed by atoms with Crippen molar-refractivity contribution < 1.29 is 14.3 Å². The SMILES string of the molecule is CC1=C(C#N)[C@@H](c2ccc3c(c2)OCO3)C2=C(C[C@@H](c3ccccc3)CC2=O)N1. The Morgan fingerprint density at radius 1 is 1.03 bits per heavy atom. The van der Waals surface area contributed by atoms with Crippen LogP contribution >= 0.6 is 0 Å². The van der Waals surface area contributed by atoms with Gasteiger partial charge in [0.25, 0.3) is 0 Å². The number of ketones is 1. The lowest BCUT2D eigenvalue weighted by Crippen LogP contribution is -2.33. The highest BCUT2D eigenvalue weighted by Crippen LogP contribution is 2.46. The molecule has 0 amide bonds. The number of benzene rings is 2. The number of Topliss-reactive ketones (excluding diaryl/α,β-unsaturated/α-hetero) is 1. The van der Waals surface area contributed by atoms with E-state index in [9.17, 15) is 10.1 Å². The first kappa shape index (κ1) is 17.6. The number of hydrogen-bond acceptors (Lipinski definition) is 5. The van der Waals surface area contributed by atoms with Gasteiger partial charge in [-0.1, -0.05) is 36.4 Å². The molecular formula is C24H20N2O3. The summed E-state index contributed by atoms with van der Waals surface area (Å²) in [6.45, 7) is 2.09. The number of carbonyl (C=O) groups excluding carboxylic acids is 1. The fraction of sp³-hybridized carbons (Fsp3) is 0.250. The van der Waals surface area contributed by atoms with Gasteiger partial charge in [0, 0.05) is 23.4 Å². The number of nitrogens with zero attached hydrogens (tertiary/aromatic N) is 1. The molecule has 0 saturated heterocycles. The molecule has 0 unspecified atom stereocenters. The molecule has 5 rings (SSSR count). The largest absolute Gasteiger partial charge is 0.454 e. The van der Waals surface area contributed by atoms with Crippen molar-refractivity contribution in [3.8, 4) is 17.6 Å². The maximum atomic E-state index is 13.3. The smallest absolute Gasteiger partial charge is 0.231 e. The highest BCUT2D eigenvalue weighted by Gasteiger charge is 2.39. The van der Waals surface area contributed by atoms with Gasteiger partial charge in [0.1, 0.15) is 0 Å². The van der Waals surface area contributed by atoms with Gasteiger partial charge in [-0.3, -0.25) is 4.79 Å². The van der Waals surface area contributed by atoms with Crippen LogP contribution in [0.15, 0.2) is 71.1 Å². The molecular weight excluding hydrogens is 364 g/mol. The zero-order valence-corrected chi connectivity index (χ0v) is 16.1. The number of carbonyl (C=O) groups is 1. The molecule has 2 aromatic rings. The molecule has 5 nitrogen and oxygen atoms in total. The molecule has 2 heterocycles. The van der Waals surface area contributed by atoms with E-state index in [1.54, 1.807) is 0 Å². The first-order valence-corrected chi connectivity index (χ1v) is 9.74. The van der Waals surface area contributed by atoms with Gasteiger partial charge in [-0.25, -0.2) is 0 Å². The molecule has 144 valence electrons. The first-order chi connectivity index (χ1) is 14.2. The third kappa shape index (κ3) is 2.89. The fourth-order valence-electron chi connectivity index (χ4n) is 4.57. The molecule has 0 bridgehead atoms. The van der Waals surface area contributed by atoms with E-state index in [1.807, 2.05) is 43.3 Å². The van der Waals surface area contributed by atoms with Crippen molar-refractivity contribution in [3.05, 3.63) is 82.2 Å². The van der Waals surface area contributed by atoms with Gasteiger partial charge in [0.15, 0.2) is 17.3 Å². The zero-order valence-electron chi connectivity index (χ0n) is 16.1. The van der Waals surface area contributed by atoms with Crippen LogP contribution in [-0.2, 0) is 4.79 Å². The Morgan fingerprint density at radius 2 is 1.83 bits per heavy atom. The monoisotopic (exact) mass is 384 g/mol. The van der Waals surface area contributed by atoms with Gasteiger partial charge in [0.2, 0.25) is 6.79 Å². The van der Waals surface area contributed by atoms with Crippen LogP contribution in [0.1, 0.15) is 42.7 Å². The standard InChI is InChI=1S/C24H20N2O3/c1-14-18(12-25)23(16-7-8-21-22(11-16)29-13-28-21)24-19(26-14)9-17(10-20(24)27)15-5-3-2-4-6-15/h2-8,11,17,23,26H,9-10,13H2,1H3/t17-,23-/m1/s1. The van der Waals surface area contributed by atoms with Gasteiger partial charge >= 0.3 is 0 Å². The topological polar surface area (TPSA) is 71.3 Å². The quantitative estimate of drug-likeness (QED) is 0.836. The molecule has 1 aliphatic carbocycles. The Morgan fingerprint density at radius 3 is 2.62 bits per heavy atom. The van der Waals surface area contributed by atoms with Crippen LogP contribution in [0.4, 0.5) is 0 Å². The molecule has 1 N–H and O–H groups in total. The lowest BCUT2D eigenvalue weighted by Gasteiger charge is -2.35. The fourth-order valence-corrected chi connectivity index (χ4v) is 4.57. The van der Waals surface area contributed by atoms with Gasteiger partial charge in [-0.05, 0) is 42.5 Å². The van der Waals surface area contributed by atoms with E-state index in [0.717, 1.165) is 23.4 Å². The number of nitriles is 1. The van der Waals surface area contributed by atoms with Crippen molar-refractivity contribution >= 4 is 5.78 Å². The van der Waals surface area contributed by atoms with E-state index in [4.69, 9.17) is 9.47 Å². The van der Waals surface area contributed by atoms with Crippen molar-refractivity contribution in [1.29, 1.82) is 5.26 Å². The van der Waals surface area contributed by atoms with Crippen molar-refractivity contribution in [2.75, 3.05) is 6.79 Å². The molecule has 0 saturated carbocycles. The predicted molar refractivity (Wildman–Crippen MR) is 107 cm³/mol. The summed E-state index contributed by atoms with van der Waals surface area (Å²) in [5, 5.41) is 13.2. The third-order valence-corrected chi connectivity index (χ3v) is 5.95. The Labute approximate surface area is 169 Å². The van der Waals surface area contributed by atoms with Gasteiger partial charge < -0.3 is 14.8 Å². The maximum Gasteiger partial charge on any atom is 0.231 e. The molecule has 0 fully saturated rings. The van der Waals surface area contributed by atoms with Crippen LogP contribution in [0.25, 0.3) is 0 Å². The van der Waals surface area contributed by atoms with E-state index in [2.05, 4.69) is 23.5 Å². The van der Waals surface area contributed by atoms with E-state index in [-0.39, 0.29) is 24.4 Å². The summed E-state index contributed by atoms with van der Waals surface area (Å²) in [6, 6.07) is 18.1. The van der Waals surface area contributed by atoms with Crippen LogP contribution in [0.5, 0.6) is 11.5 Å². The third-order valence-electron chi connectivity index (χ3n) is 5.95. The summed E-state index contributed by atoms with van der Waals surface area (Å²) in [5.41, 5.74) is 5.06. The summed E-state index contributed by atoms with van der Waals surface area (Å²) in [6.07, 6.45) is 1.20. The van der Waals surface area contributed by atoms with Crippen molar-refractivity contribution in [1.82, 2.24) is 5.32 Å². The molecule has 3 aliphatic rings. The minimum atomic E-state index is -0.380. The lowest BCUT2D eigenvalue weighted by molar-refractivity contribution is -0.116. The van der Waals surface area contributed by atoms with Crippen LogP contribution < -0.4 is 14.8 Å². The number of allylic oxidation sites excluding steroid dienone is 4. The van der Waals surface area contributed by atoms with Gasteiger partial charge in [-0.15, -0.1) is 0 Å².